The summed E-state index contributed by atoms with van der Waals surface area (Å²) in [6.45, 7) is 1.74. The number of rotatable bonds is 10. The quantitative estimate of drug-likeness (QED) is 0.0973. The van der Waals surface area contributed by atoms with Gasteiger partial charge >= 0.3 is 5.97 Å². The molecule has 3 unspecified atom stereocenters. The molecule has 0 aromatic heterocycles. The lowest BCUT2D eigenvalue weighted by atomic mass is 10.1. The van der Waals surface area contributed by atoms with Crippen LogP contribution in [0.4, 0.5) is 0 Å². The standard InChI is InChI=1S/C12H24N6O4S/c1-6(13)9(19)17-7(3-2-4-16-12(14)15)10(20)18-8(5-23)11(21)22/h6-8,23H,2-5,13H2,1H3,(H,17,19)(H,18,20)(H,21,22)(H4,14,15,16). The lowest BCUT2D eigenvalue weighted by molar-refractivity contribution is -0.141. The summed E-state index contributed by atoms with van der Waals surface area (Å²) in [5.74, 6) is -2.53. The molecule has 11 heteroatoms. The molecule has 0 fully saturated rings. The van der Waals surface area contributed by atoms with E-state index in [-0.39, 0.29) is 24.7 Å². The van der Waals surface area contributed by atoms with E-state index in [2.05, 4.69) is 28.3 Å². The SMILES string of the molecule is CC(N)C(=O)NC(CCCN=C(N)N)C(=O)NC(CS)C(=O)O. The van der Waals surface area contributed by atoms with Gasteiger partial charge in [0.2, 0.25) is 11.8 Å². The van der Waals surface area contributed by atoms with E-state index < -0.39 is 35.9 Å². The molecule has 23 heavy (non-hydrogen) atoms. The average Bonchev–Trinajstić information content (AvgIpc) is 2.46. The van der Waals surface area contributed by atoms with Gasteiger partial charge in [-0.05, 0) is 19.8 Å². The number of carbonyl (C=O) groups excluding carboxylic acids is 2. The van der Waals surface area contributed by atoms with Crippen LogP contribution < -0.4 is 27.8 Å². The van der Waals surface area contributed by atoms with Gasteiger partial charge in [-0.2, -0.15) is 12.6 Å². The van der Waals surface area contributed by atoms with Crippen LogP contribution in [0.15, 0.2) is 4.99 Å². The molecule has 0 aromatic rings. The van der Waals surface area contributed by atoms with Gasteiger partial charge in [0.25, 0.3) is 0 Å². The first kappa shape index (κ1) is 21.0. The number of guanidine groups is 1. The summed E-state index contributed by atoms with van der Waals surface area (Å²) in [5.41, 5.74) is 15.8. The highest BCUT2D eigenvalue weighted by atomic mass is 32.1. The first-order valence-electron chi connectivity index (χ1n) is 6.94. The lowest BCUT2D eigenvalue weighted by Crippen LogP contribution is -2.54. The van der Waals surface area contributed by atoms with Crippen LogP contribution in [0.1, 0.15) is 19.8 Å². The number of nitrogens with two attached hydrogens (primary N) is 3. The van der Waals surface area contributed by atoms with Crippen molar-refractivity contribution in [1.82, 2.24) is 10.6 Å². The van der Waals surface area contributed by atoms with E-state index in [9.17, 15) is 14.4 Å². The van der Waals surface area contributed by atoms with Crippen molar-refractivity contribution in [3.05, 3.63) is 0 Å². The third-order valence-corrected chi connectivity index (χ3v) is 3.15. The Morgan fingerprint density at radius 3 is 2.17 bits per heavy atom. The molecule has 0 bridgehead atoms. The van der Waals surface area contributed by atoms with E-state index >= 15 is 0 Å². The van der Waals surface area contributed by atoms with Gasteiger partial charge in [-0.25, -0.2) is 4.79 Å². The normalized spacial score (nSPS) is 14.2. The third-order valence-electron chi connectivity index (χ3n) is 2.79. The van der Waals surface area contributed by atoms with E-state index in [4.69, 9.17) is 22.3 Å². The number of carboxylic acid groups (broad SMARTS) is 1. The van der Waals surface area contributed by atoms with Crippen molar-refractivity contribution >= 4 is 36.4 Å². The number of amides is 2. The Labute approximate surface area is 139 Å². The molecule has 0 saturated carbocycles. The Hall–Kier alpha value is -2.01. The number of aliphatic imine (C=N–C) groups is 1. The molecule has 3 atom stereocenters. The van der Waals surface area contributed by atoms with E-state index in [0.29, 0.717) is 6.42 Å². The molecule has 10 nitrogen and oxygen atoms in total. The van der Waals surface area contributed by atoms with Crippen LogP contribution in [-0.2, 0) is 14.4 Å². The lowest BCUT2D eigenvalue weighted by Gasteiger charge is -2.21. The second kappa shape index (κ2) is 10.7. The summed E-state index contributed by atoms with van der Waals surface area (Å²) in [6.07, 6.45) is 0.633. The summed E-state index contributed by atoms with van der Waals surface area (Å²) in [7, 11) is 0. The fraction of sp³-hybridized carbons (Fsp3) is 0.667. The molecule has 0 aliphatic carbocycles. The number of thiol groups is 1. The van der Waals surface area contributed by atoms with Crippen LogP contribution in [0.25, 0.3) is 0 Å². The van der Waals surface area contributed by atoms with E-state index in [1.165, 1.54) is 6.92 Å². The van der Waals surface area contributed by atoms with Crippen LogP contribution in [0.5, 0.6) is 0 Å². The molecule has 0 spiro atoms. The number of carboxylic acids is 1. The number of nitrogens with one attached hydrogen (secondary N) is 2. The smallest absolute Gasteiger partial charge is 0.327 e. The second-order valence-electron chi connectivity index (χ2n) is 4.88. The fourth-order valence-corrected chi connectivity index (χ4v) is 1.78. The predicted molar refractivity (Wildman–Crippen MR) is 88.9 cm³/mol. The summed E-state index contributed by atoms with van der Waals surface area (Å²) >= 11 is 3.86. The zero-order valence-electron chi connectivity index (χ0n) is 12.9. The first-order chi connectivity index (χ1) is 10.7. The van der Waals surface area contributed by atoms with Gasteiger partial charge in [0.15, 0.2) is 5.96 Å². The minimum Gasteiger partial charge on any atom is -0.480 e. The third kappa shape index (κ3) is 8.88. The minimum atomic E-state index is -1.22. The number of nitrogens with zero attached hydrogens (tertiary/aromatic N) is 1. The summed E-state index contributed by atoms with van der Waals surface area (Å²) in [4.78, 5) is 38.5. The fourth-order valence-electron chi connectivity index (χ4n) is 1.53. The van der Waals surface area contributed by atoms with Crippen molar-refractivity contribution in [2.45, 2.75) is 37.9 Å². The molecule has 0 aliphatic rings. The van der Waals surface area contributed by atoms with Crippen LogP contribution in [-0.4, -0.2) is 59.3 Å². The molecule has 2 amide bonds. The Bertz CT molecular complexity index is 453. The topological polar surface area (TPSA) is 186 Å². The molecular weight excluding hydrogens is 324 g/mol. The summed E-state index contributed by atoms with van der Waals surface area (Å²) in [6, 6.07) is -2.90. The van der Waals surface area contributed by atoms with Crippen LogP contribution in [0, 0.1) is 0 Å². The van der Waals surface area contributed by atoms with Gasteiger partial charge in [-0.15, -0.1) is 0 Å². The molecular formula is C12H24N6O4S. The first-order valence-corrected chi connectivity index (χ1v) is 7.57. The second-order valence-corrected chi connectivity index (χ2v) is 5.25. The molecule has 0 aromatic carbocycles. The van der Waals surface area contributed by atoms with Gasteiger partial charge in [-0.3, -0.25) is 14.6 Å². The average molecular weight is 348 g/mol. The highest BCUT2D eigenvalue weighted by molar-refractivity contribution is 7.80. The predicted octanol–water partition coefficient (Wildman–Crippen LogP) is -2.63. The molecule has 0 aliphatic heterocycles. The Morgan fingerprint density at radius 2 is 1.74 bits per heavy atom. The number of carbonyl (C=O) groups is 3. The van der Waals surface area contributed by atoms with E-state index in [1.807, 2.05) is 0 Å². The van der Waals surface area contributed by atoms with Crippen LogP contribution in [0.2, 0.25) is 0 Å². The maximum absolute atomic E-state index is 12.2. The maximum atomic E-state index is 12.2. The molecule has 9 N–H and O–H groups in total. The van der Waals surface area contributed by atoms with Gasteiger partial charge < -0.3 is 32.9 Å². The van der Waals surface area contributed by atoms with Crippen molar-refractivity contribution < 1.29 is 19.5 Å². The molecule has 0 rings (SSSR count). The minimum absolute atomic E-state index is 0.0772. The van der Waals surface area contributed by atoms with E-state index in [0.717, 1.165) is 0 Å². The largest absolute Gasteiger partial charge is 0.480 e. The van der Waals surface area contributed by atoms with Gasteiger partial charge in [0, 0.05) is 12.3 Å². The molecule has 132 valence electrons. The zero-order chi connectivity index (χ0) is 18.0. The monoisotopic (exact) mass is 348 g/mol. The van der Waals surface area contributed by atoms with Crippen molar-refractivity contribution in [3.8, 4) is 0 Å². The highest BCUT2D eigenvalue weighted by Gasteiger charge is 2.26. The van der Waals surface area contributed by atoms with Crippen molar-refractivity contribution in [1.29, 1.82) is 0 Å². The molecule has 0 heterocycles. The summed E-state index contributed by atoms with van der Waals surface area (Å²) < 4.78 is 0. The van der Waals surface area contributed by atoms with Gasteiger partial charge in [-0.1, -0.05) is 0 Å². The Kier molecular flexibility index (Phi) is 9.74. The highest BCUT2D eigenvalue weighted by Crippen LogP contribution is 2.01. The Balaban J connectivity index is 4.80. The zero-order valence-corrected chi connectivity index (χ0v) is 13.8. The van der Waals surface area contributed by atoms with Crippen molar-refractivity contribution in [2.24, 2.45) is 22.2 Å². The number of hydrogen-bond donors (Lipinski definition) is 7. The van der Waals surface area contributed by atoms with Crippen molar-refractivity contribution in [2.75, 3.05) is 12.3 Å². The Morgan fingerprint density at radius 1 is 1.17 bits per heavy atom. The van der Waals surface area contributed by atoms with Crippen LogP contribution >= 0.6 is 12.6 Å². The summed E-state index contributed by atoms with van der Waals surface area (Å²) in [5, 5.41) is 13.7. The van der Waals surface area contributed by atoms with Gasteiger partial charge in [0.1, 0.15) is 12.1 Å². The van der Waals surface area contributed by atoms with Crippen LogP contribution in [0.3, 0.4) is 0 Å². The maximum Gasteiger partial charge on any atom is 0.327 e. The number of aliphatic carboxylic acids is 1. The van der Waals surface area contributed by atoms with Gasteiger partial charge in [0.05, 0.1) is 6.04 Å². The molecule has 0 radical (unpaired) electrons. The molecule has 0 saturated heterocycles. The number of hydrogen-bond acceptors (Lipinski definition) is 6. The van der Waals surface area contributed by atoms with E-state index in [1.54, 1.807) is 0 Å². The van der Waals surface area contributed by atoms with Crippen molar-refractivity contribution in [3.63, 3.8) is 0 Å².